The first-order valence-electron chi connectivity index (χ1n) is 3.60. The zero-order chi connectivity index (χ0) is 8.55. The van der Waals surface area contributed by atoms with Crippen LogP contribution in [0.2, 0.25) is 0 Å². The second-order valence-corrected chi connectivity index (χ2v) is 2.52. The number of halogens is 1. The van der Waals surface area contributed by atoms with Gasteiger partial charge in [-0.2, -0.15) is 0 Å². The molecule has 2 rings (SSSR count). The predicted octanol–water partition coefficient (Wildman–Crippen LogP) is 1.35. The average Bonchev–Trinajstić information content (AvgIpc) is 2.06. The third kappa shape index (κ3) is 0.922. The Morgan fingerprint density at radius 1 is 1.33 bits per heavy atom. The first-order valence-corrected chi connectivity index (χ1v) is 3.60. The van der Waals surface area contributed by atoms with Gasteiger partial charge in [-0.3, -0.25) is 0 Å². The summed E-state index contributed by atoms with van der Waals surface area (Å²) >= 11 is 0. The Bertz CT molecular complexity index is 388. The number of rotatable bonds is 1. The zero-order valence-electron chi connectivity index (χ0n) is 6.61. The van der Waals surface area contributed by atoms with Crippen molar-refractivity contribution >= 4 is 0 Å². The second-order valence-electron chi connectivity index (χ2n) is 2.52. The van der Waals surface area contributed by atoms with Gasteiger partial charge in [0.25, 0.3) is 0 Å². The molecule has 0 bridgehead atoms. The summed E-state index contributed by atoms with van der Waals surface area (Å²) in [7, 11) is 1.76. The van der Waals surface area contributed by atoms with Gasteiger partial charge in [0.1, 0.15) is 17.8 Å². The van der Waals surface area contributed by atoms with Crippen molar-refractivity contribution in [2.45, 2.75) is 0 Å². The fourth-order valence-electron chi connectivity index (χ4n) is 1.06. The van der Waals surface area contributed by atoms with E-state index >= 15 is 0 Å². The van der Waals surface area contributed by atoms with Gasteiger partial charge in [0.15, 0.2) is 0 Å². The van der Waals surface area contributed by atoms with Crippen molar-refractivity contribution in [3.63, 3.8) is 0 Å². The maximum absolute atomic E-state index is 13.1. The topological polar surface area (TPSA) is 22.8 Å². The molecule has 12 heavy (non-hydrogen) atoms. The third-order valence-electron chi connectivity index (χ3n) is 1.74. The van der Waals surface area contributed by atoms with Crippen LogP contribution >= 0.6 is 0 Å². The molecular weight excluding hydrogens is 157 g/mol. The molecule has 62 valence electrons. The van der Waals surface area contributed by atoms with Gasteiger partial charge in [-0.05, 0) is 12.1 Å². The number of benzene rings is 1. The van der Waals surface area contributed by atoms with E-state index in [1.54, 1.807) is 41.1 Å². The summed E-state index contributed by atoms with van der Waals surface area (Å²) in [6.07, 6.45) is 1.57. The minimum absolute atomic E-state index is 0.240. The van der Waals surface area contributed by atoms with Gasteiger partial charge in [0.2, 0.25) is 0 Å². The van der Waals surface area contributed by atoms with Crippen LogP contribution < -0.4 is 0 Å². The molecule has 1 aromatic carbocycles. The molecular formula is C8H8FN3. The van der Waals surface area contributed by atoms with Gasteiger partial charge in [-0.25, -0.2) is 13.9 Å². The molecule has 3 nitrogen and oxygen atoms in total. The van der Waals surface area contributed by atoms with Crippen molar-refractivity contribution in [3.8, 4) is 5.69 Å². The largest absolute Gasteiger partial charge is 0.222 e. The molecule has 2 aromatic rings. The summed E-state index contributed by atoms with van der Waals surface area (Å²) in [5, 5.41) is 3.84. The molecule has 0 radical (unpaired) electrons. The van der Waals surface area contributed by atoms with Crippen LogP contribution in [0.15, 0.2) is 30.6 Å². The molecule has 0 N–H and O–H groups in total. The number of aromatic nitrogens is 3. The van der Waals surface area contributed by atoms with Crippen LogP contribution in [-0.2, 0) is 7.05 Å². The van der Waals surface area contributed by atoms with Gasteiger partial charge < -0.3 is 0 Å². The number of hydrogen-bond donors (Lipinski definition) is 0. The molecule has 0 unspecified atom stereocenters. The normalized spacial score (nSPS) is 10.5. The smallest absolute Gasteiger partial charge is 0.148 e. The van der Waals surface area contributed by atoms with E-state index < -0.39 is 0 Å². The summed E-state index contributed by atoms with van der Waals surface area (Å²) in [5.41, 5.74) is 0.523. The van der Waals surface area contributed by atoms with E-state index in [2.05, 4.69) is 5.10 Å². The maximum Gasteiger partial charge on any atom is 0.148 e. The summed E-state index contributed by atoms with van der Waals surface area (Å²) in [5.74, 6) is -0.240. The highest BCUT2D eigenvalue weighted by molar-refractivity contribution is 5.31. The highest BCUT2D eigenvalue weighted by Crippen LogP contribution is 2.11. The van der Waals surface area contributed by atoms with Crippen LogP contribution in [0.1, 0.15) is 0 Å². The molecule has 4 heteroatoms. The van der Waals surface area contributed by atoms with Gasteiger partial charge in [0.05, 0.1) is 0 Å². The van der Waals surface area contributed by atoms with Crippen molar-refractivity contribution in [1.29, 1.82) is 0 Å². The van der Waals surface area contributed by atoms with Crippen LogP contribution in [0.3, 0.4) is 0 Å². The fraction of sp³-hybridized carbons (Fsp3) is 0.125. The molecule has 0 aliphatic rings. The molecule has 0 amide bonds. The Labute approximate surface area is 69.0 Å². The lowest BCUT2D eigenvalue weighted by atomic mass is 10.3. The number of aryl methyl sites for hydroxylation is 1. The van der Waals surface area contributed by atoms with Crippen LogP contribution in [0.5, 0.6) is 0 Å². The average molecular weight is 165 g/mol. The Morgan fingerprint density at radius 3 is 2.58 bits per heavy atom. The van der Waals surface area contributed by atoms with Crippen LogP contribution in [0.25, 0.3) is 5.69 Å². The lowest BCUT2D eigenvalue weighted by Gasteiger charge is -2.14. The number of para-hydroxylation sites is 1. The summed E-state index contributed by atoms with van der Waals surface area (Å²) < 4.78 is 14.7. The zero-order valence-corrected chi connectivity index (χ0v) is 6.61. The molecule has 0 saturated carbocycles. The van der Waals surface area contributed by atoms with E-state index in [9.17, 15) is 4.39 Å². The Morgan fingerprint density at radius 2 is 2.08 bits per heavy atom. The lowest BCUT2D eigenvalue weighted by Crippen LogP contribution is -2.20. The standard InChI is InChI=1S/C8H8FN3/c1-11-10-6-12(11)8-5-3-2-4-7(8)9/h2-6H,1H3. The number of nitrogens with zero attached hydrogens (tertiary/aromatic N) is 3. The Kier molecular flexibility index (Phi) is 1.46. The summed E-state index contributed by atoms with van der Waals surface area (Å²) in [6, 6.07) is 6.58. The van der Waals surface area contributed by atoms with E-state index in [0.29, 0.717) is 5.69 Å². The Hall–Kier alpha value is -1.58. The Balaban J connectivity index is 2.51. The van der Waals surface area contributed by atoms with Crippen molar-refractivity contribution in [2.24, 2.45) is 7.05 Å². The van der Waals surface area contributed by atoms with E-state index in [0.717, 1.165) is 0 Å². The quantitative estimate of drug-likeness (QED) is 0.625. The first kappa shape index (κ1) is 7.09. The molecule has 0 saturated heterocycles. The first-order chi connectivity index (χ1) is 5.79. The van der Waals surface area contributed by atoms with Crippen molar-refractivity contribution in [3.05, 3.63) is 36.4 Å². The maximum atomic E-state index is 13.1. The van der Waals surface area contributed by atoms with Crippen LogP contribution in [0.4, 0.5) is 4.39 Å². The minimum atomic E-state index is -0.240. The highest BCUT2D eigenvalue weighted by atomic mass is 19.1. The fourth-order valence-corrected chi connectivity index (χ4v) is 1.06. The third-order valence-corrected chi connectivity index (χ3v) is 1.74. The molecule has 0 spiro atoms. The van der Waals surface area contributed by atoms with Crippen LogP contribution in [-0.4, -0.2) is 14.6 Å². The van der Waals surface area contributed by atoms with E-state index in [1.165, 1.54) is 6.07 Å². The minimum Gasteiger partial charge on any atom is -0.222 e. The molecule has 1 heterocycles. The summed E-state index contributed by atoms with van der Waals surface area (Å²) in [4.78, 5) is 1.57. The summed E-state index contributed by atoms with van der Waals surface area (Å²) in [6.45, 7) is 0. The predicted molar refractivity (Wildman–Crippen MR) is 42.5 cm³/mol. The van der Waals surface area contributed by atoms with Gasteiger partial charge in [0, 0.05) is 7.05 Å². The molecule has 0 aliphatic heterocycles. The van der Waals surface area contributed by atoms with Crippen molar-refractivity contribution in [2.75, 3.05) is 0 Å². The lowest BCUT2D eigenvalue weighted by molar-refractivity contribution is 0.450. The molecule has 1 aromatic heterocycles. The molecule has 0 aliphatic carbocycles. The van der Waals surface area contributed by atoms with Gasteiger partial charge >= 0.3 is 0 Å². The highest BCUT2D eigenvalue weighted by Gasteiger charge is 2.05. The van der Waals surface area contributed by atoms with Crippen molar-refractivity contribution < 1.29 is 4.39 Å². The monoisotopic (exact) mass is 165 g/mol. The second kappa shape index (κ2) is 2.48. The van der Waals surface area contributed by atoms with Gasteiger partial charge in [-0.1, -0.05) is 12.1 Å². The van der Waals surface area contributed by atoms with E-state index in [-0.39, 0.29) is 5.82 Å². The van der Waals surface area contributed by atoms with Crippen LogP contribution in [0, 0.1) is 5.82 Å². The molecule has 0 atom stereocenters. The van der Waals surface area contributed by atoms with Crippen molar-refractivity contribution in [1.82, 2.24) is 14.6 Å². The number of hydrogen-bond acceptors (Lipinski definition) is 1. The van der Waals surface area contributed by atoms with E-state index in [4.69, 9.17) is 0 Å². The van der Waals surface area contributed by atoms with Gasteiger partial charge in [-0.15, -0.1) is 5.10 Å². The van der Waals surface area contributed by atoms with E-state index in [1.807, 2.05) is 0 Å². The SMILES string of the molecule is Cn1ncn1-c1ccccc1F. The molecule has 0 fully saturated rings.